The third kappa shape index (κ3) is 2.58. The van der Waals surface area contributed by atoms with Crippen LogP contribution in [0.5, 0.6) is 5.75 Å². The fourth-order valence-electron chi connectivity index (χ4n) is 2.88. The molecule has 3 rings (SSSR count). The molecule has 1 aromatic carbocycles. The Morgan fingerprint density at radius 2 is 2.27 bits per heavy atom. The summed E-state index contributed by atoms with van der Waals surface area (Å²) in [5.74, 6) is 1.55. The molecule has 22 heavy (non-hydrogen) atoms. The number of rotatable bonds is 3. The van der Waals surface area contributed by atoms with Crippen molar-refractivity contribution >= 4 is 11.7 Å². The second kappa shape index (κ2) is 5.83. The molecule has 5 heteroatoms. The molecule has 0 radical (unpaired) electrons. The molecule has 1 N–H and O–H groups in total. The summed E-state index contributed by atoms with van der Waals surface area (Å²) in [5.41, 5.74) is 3.80. The van der Waals surface area contributed by atoms with Crippen LogP contribution in [-0.2, 0) is 19.9 Å². The second-order valence-electron chi connectivity index (χ2n) is 5.63. The van der Waals surface area contributed by atoms with Crippen molar-refractivity contribution in [3.63, 3.8) is 0 Å². The van der Waals surface area contributed by atoms with Gasteiger partial charge in [-0.2, -0.15) is 5.10 Å². The van der Waals surface area contributed by atoms with Crippen LogP contribution in [0.15, 0.2) is 18.2 Å². The summed E-state index contributed by atoms with van der Waals surface area (Å²) in [7, 11) is 1.85. The van der Waals surface area contributed by atoms with E-state index in [4.69, 9.17) is 4.74 Å². The number of anilines is 1. The van der Waals surface area contributed by atoms with Gasteiger partial charge in [0.15, 0.2) is 0 Å². The second-order valence-corrected chi connectivity index (χ2v) is 5.63. The first-order chi connectivity index (χ1) is 10.6. The number of hydrogen-bond donors (Lipinski definition) is 1. The molecule has 0 aliphatic carbocycles. The zero-order chi connectivity index (χ0) is 15.7. The van der Waals surface area contributed by atoms with Crippen LogP contribution >= 0.6 is 0 Å². The summed E-state index contributed by atoms with van der Waals surface area (Å²) in [6, 6.07) is 5.62. The van der Waals surface area contributed by atoms with E-state index in [1.54, 1.807) is 4.68 Å². The first-order valence-electron chi connectivity index (χ1n) is 7.69. The van der Waals surface area contributed by atoms with E-state index in [0.717, 1.165) is 54.3 Å². The van der Waals surface area contributed by atoms with Gasteiger partial charge in [0.05, 0.1) is 12.3 Å². The highest BCUT2D eigenvalue weighted by Gasteiger charge is 2.17. The number of aromatic nitrogens is 2. The molecule has 0 bridgehead atoms. The first-order valence-corrected chi connectivity index (χ1v) is 7.69. The summed E-state index contributed by atoms with van der Waals surface area (Å²) in [5, 5.41) is 7.40. The van der Waals surface area contributed by atoms with Gasteiger partial charge in [0.25, 0.3) is 5.91 Å². The van der Waals surface area contributed by atoms with E-state index in [0.29, 0.717) is 5.56 Å². The predicted octanol–water partition coefficient (Wildman–Crippen LogP) is 2.87. The number of fused-ring (bicyclic) bond motifs is 1. The topological polar surface area (TPSA) is 56.2 Å². The largest absolute Gasteiger partial charge is 0.493 e. The van der Waals surface area contributed by atoms with Crippen molar-refractivity contribution in [3.8, 4) is 5.75 Å². The Bertz CT molecular complexity index is 719. The van der Waals surface area contributed by atoms with E-state index in [-0.39, 0.29) is 5.91 Å². The van der Waals surface area contributed by atoms with Crippen molar-refractivity contribution in [2.75, 3.05) is 11.9 Å². The van der Waals surface area contributed by atoms with E-state index in [1.807, 2.05) is 32.2 Å². The Morgan fingerprint density at radius 3 is 3.00 bits per heavy atom. The minimum Gasteiger partial charge on any atom is -0.493 e. The van der Waals surface area contributed by atoms with E-state index < -0.39 is 0 Å². The molecule has 0 saturated heterocycles. The van der Waals surface area contributed by atoms with Crippen LogP contribution in [-0.4, -0.2) is 22.3 Å². The average molecular weight is 299 g/mol. The molecule has 0 fully saturated rings. The van der Waals surface area contributed by atoms with Crippen molar-refractivity contribution in [3.05, 3.63) is 40.6 Å². The first kappa shape index (κ1) is 14.6. The Kier molecular flexibility index (Phi) is 3.88. The van der Waals surface area contributed by atoms with Crippen LogP contribution in [0.2, 0.25) is 0 Å². The standard InChI is InChI=1S/C17H21N3O2/c1-4-14-11(2)16(20(3)19-14)18-17(21)13-7-8-15-12(10-13)6-5-9-22-15/h7-8,10H,4-6,9H2,1-3H3,(H,18,21). The van der Waals surface area contributed by atoms with Crippen molar-refractivity contribution < 1.29 is 9.53 Å². The number of nitrogens with one attached hydrogen (secondary N) is 1. The molecule has 0 saturated carbocycles. The zero-order valence-electron chi connectivity index (χ0n) is 13.3. The monoisotopic (exact) mass is 299 g/mol. The van der Waals surface area contributed by atoms with Crippen LogP contribution in [0.1, 0.15) is 40.5 Å². The summed E-state index contributed by atoms with van der Waals surface area (Å²) >= 11 is 0. The summed E-state index contributed by atoms with van der Waals surface area (Å²) < 4.78 is 7.32. The maximum absolute atomic E-state index is 12.5. The highest BCUT2D eigenvalue weighted by atomic mass is 16.5. The van der Waals surface area contributed by atoms with Gasteiger partial charge < -0.3 is 10.1 Å². The molecular weight excluding hydrogens is 278 g/mol. The summed E-state index contributed by atoms with van der Waals surface area (Å²) in [6.07, 6.45) is 2.81. The van der Waals surface area contributed by atoms with E-state index in [9.17, 15) is 4.79 Å². The fraction of sp³-hybridized carbons (Fsp3) is 0.412. The Morgan fingerprint density at radius 1 is 1.45 bits per heavy atom. The normalized spacial score (nSPS) is 13.4. The van der Waals surface area contributed by atoms with Gasteiger partial charge >= 0.3 is 0 Å². The minimum atomic E-state index is -0.109. The number of amides is 1. The summed E-state index contributed by atoms with van der Waals surface area (Å²) in [6.45, 7) is 4.80. The number of carbonyl (C=O) groups excluding carboxylic acids is 1. The van der Waals surface area contributed by atoms with Gasteiger partial charge in [0.1, 0.15) is 11.6 Å². The third-order valence-electron chi connectivity index (χ3n) is 4.12. The SMILES string of the molecule is CCc1nn(C)c(NC(=O)c2ccc3c(c2)CCCO3)c1C. The summed E-state index contributed by atoms with van der Waals surface area (Å²) in [4.78, 5) is 12.5. The lowest BCUT2D eigenvalue weighted by atomic mass is 10.0. The lowest BCUT2D eigenvalue weighted by Crippen LogP contribution is -2.16. The molecule has 1 amide bonds. The van der Waals surface area contributed by atoms with Gasteiger partial charge in [-0.15, -0.1) is 0 Å². The molecule has 2 aromatic rings. The van der Waals surface area contributed by atoms with Gasteiger partial charge in [-0.25, -0.2) is 0 Å². The van der Waals surface area contributed by atoms with E-state index >= 15 is 0 Å². The number of benzene rings is 1. The molecule has 0 unspecified atom stereocenters. The van der Waals surface area contributed by atoms with Crippen LogP contribution < -0.4 is 10.1 Å². The van der Waals surface area contributed by atoms with Gasteiger partial charge in [-0.05, 0) is 49.9 Å². The molecule has 1 aliphatic rings. The van der Waals surface area contributed by atoms with Crippen LogP contribution in [0.4, 0.5) is 5.82 Å². The molecule has 1 aromatic heterocycles. The van der Waals surface area contributed by atoms with Crippen molar-refractivity contribution in [2.24, 2.45) is 7.05 Å². The Balaban J connectivity index is 1.84. The Hall–Kier alpha value is -2.30. The molecule has 0 atom stereocenters. The van der Waals surface area contributed by atoms with Crippen LogP contribution in [0.3, 0.4) is 0 Å². The fourth-order valence-corrected chi connectivity index (χ4v) is 2.88. The quantitative estimate of drug-likeness (QED) is 0.948. The van der Waals surface area contributed by atoms with Gasteiger partial charge in [-0.3, -0.25) is 9.48 Å². The number of ether oxygens (including phenoxy) is 1. The molecule has 5 nitrogen and oxygen atoms in total. The van der Waals surface area contributed by atoms with Crippen LogP contribution in [0.25, 0.3) is 0 Å². The maximum Gasteiger partial charge on any atom is 0.256 e. The van der Waals surface area contributed by atoms with Gasteiger partial charge in [-0.1, -0.05) is 6.92 Å². The average Bonchev–Trinajstić information content (AvgIpc) is 2.81. The molecule has 2 heterocycles. The van der Waals surface area contributed by atoms with Gasteiger partial charge in [0, 0.05) is 18.2 Å². The lowest BCUT2D eigenvalue weighted by Gasteiger charge is -2.17. The number of aryl methyl sites for hydroxylation is 3. The highest BCUT2D eigenvalue weighted by Crippen LogP contribution is 2.26. The van der Waals surface area contributed by atoms with E-state index in [1.165, 1.54) is 0 Å². The molecular formula is C17H21N3O2. The highest BCUT2D eigenvalue weighted by molar-refractivity contribution is 6.04. The third-order valence-corrected chi connectivity index (χ3v) is 4.12. The predicted molar refractivity (Wildman–Crippen MR) is 85.5 cm³/mol. The van der Waals surface area contributed by atoms with Gasteiger partial charge in [0.2, 0.25) is 0 Å². The smallest absolute Gasteiger partial charge is 0.256 e. The van der Waals surface area contributed by atoms with Crippen molar-refractivity contribution in [2.45, 2.75) is 33.1 Å². The molecule has 116 valence electrons. The maximum atomic E-state index is 12.5. The number of hydrogen-bond acceptors (Lipinski definition) is 3. The lowest BCUT2D eigenvalue weighted by molar-refractivity contribution is 0.102. The van der Waals surface area contributed by atoms with Crippen molar-refractivity contribution in [1.82, 2.24) is 9.78 Å². The molecule has 0 spiro atoms. The number of carbonyl (C=O) groups is 1. The number of nitrogens with zero attached hydrogens (tertiary/aromatic N) is 2. The minimum absolute atomic E-state index is 0.109. The van der Waals surface area contributed by atoms with Crippen molar-refractivity contribution in [1.29, 1.82) is 0 Å². The Labute approximate surface area is 130 Å². The van der Waals surface area contributed by atoms with Crippen LogP contribution in [0, 0.1) is 6.92 Å². The van der Waals surface area contributed by atoms with E-state index in [2.05, 4.69) is 17.3 Å². The molecule has 1 aliphatic heterocycles. The zero-order valence-corrected chi connectivity index (χ0v) is 13.3.